The van der Waals surface area contributed by atoms with Crippen molar-refractivity contribution in [2.24, 2.45) is 0 Å². The Morgan fingerprint density at radius 1 is 0.750 bits per heavy atom. The Kier molecular flexibility index (Phi) is 4.13. The summed E-state index contributed by atoms with van der Waals surface area (Å²) >= 11 is 11.6. The smallest absolute Gasteiger partial charge is 0.151 e. The van der Waals surface area contributed by atoms with Crippen molar-refractivity contribution in [2.75, 3.05) is 0 Å². The molecule has 0 radical (unpaired) electrons. The molecular formula is C14H14Cl2N4. The van der Waals surface area contributed by atoms with E-state index < -0.39 is 0 Å². The molecule has 2 heterocycles. The van der Waals surface area contributed by atoms with Gasteiger partial charge in [0.2, 0.25) is 0 Å². The first kappa shape index (κ1) is 13.7. The topological polar surface area (TPSA) is 51.6 Å². The molecule has 2 aromatic heterocycles. The molecule has 3 rings (SSSR count). The first-order valence-electron chi connectivity index (χ1n) is 6.70. The van der Waals surface area contributed by atoms with E-state index in [0.29, 0.717) is 22.1 Å². The van der Waals surface area contributed by atoms with Gasteiger partial charge in [-0.25, -0.2) is 0 Å². The standard InChI is InChI=1S/C14H14Cl2N4/c15-13-6-4-11(17-19-13)9-2-1-3-10(8-9)12-5-7-14(16)20-18-12/h4-7,9-10H,1-3,8H2. The molecule has 0 bridgehead atoms. The van der Waals surface area contributed by atoms with E-state index in [-0.39, 0.29) is 0 Å². The van der Waals surface area contributed by atoms with Gasteiger partial charge in [-0.3, -0.25) is 0 Å². The molecule has 20 heavy (non-hydrogen) atoms. The summed E-state index contributed by atoms with van der Waals surface area (Å²) in [6, 6.07) is 7.54. The van der Waals surface area contributed by atoms with Gasteiger partial charge in [-0.15, -0.1) is 10.2 Å². The van der Waals surface area contributed by atoms with E-state index in [1.165, 1.54) is 0 Å². The van der Waals surface area contributed by atoms with Crippen LogP contribution in [0.1, 0.15) is 48.9 Å². The maximum atomic E-state index is 5.79. The lowest BCUT2D eigenvalue weighted by Gasteiger charge is -2.27. The minimum Gasteiger partial charge on any atom is -0.154 e. The number of rotatable bonds is 2. The van der Waals surface area contributed by atoms with Crippen LogP contribution in [0.3, 0.4) is 0 Å². The third-order valence-corrected chi connectivity index (χ3v) is 4.22. The third-order valence-electron chi connectivity index (χ3n) is 3.82. The molecule has 0 amide bonds. The largest absolute Gasteiger partial charge is 0.154 e. The van der Waals surface area contributed by atoms with Crippen LogP contribution >= 0.6 is 23.2 Å². The van der Waals surface area contributed by atoms with Crippen molar-refractivity contribution in [1.82, 2.24) is 20.4 Å². The Bertz CT molecular complexity index is 519. The van der Waals surface area contributed by atoms with Gasteiger partial charge in [-0.2, -0.15) is 10.2 Å². The zero-order chi connectivity index (χ0) is 13.9. The quantitative estimate of drug-likeness (QED) is 0.841. The van der Waals surface area contributed by atoms with Gasteiger partial charge in [0.05, 0.1) is 11.4 Å². The summed E-state index contributed by atoms with van der Waals surface area (Å²) in [6.45, 7) is 0. The molecule has 0 saturated heterocycles. The van der Waals surface area contributed by atoms with Crippen LogP contribution in [-0.2, 0) is 0 Å². The fraction of sp³-hybridized carbons (Fsp3) is 0.429. The van der Waals surface area contributed by atoms with E-state index in [1.807, 2.05) is 12.1 Å². The minimum atomic E-state index is 0.413. The van der Waals surface area contributed by atoms with Gasteiger partial charge < -0.3 is 0 Å². The minimum absolute atomic E-state index is 0.413. The number of hydrogen-bond acceptors (Lipinski definition) is 4. The van der Waals surface area contributed by atoms with Gasteiger partial charge in [0.25, 0.3) is 0 Å². The second-order valence-corrected chi connectivity index (χ2v) is 5.90. The third kappa shape index (κ3) is 3.07. The monoisotopic (exact) mass is 308 g/mol. The Labute approximate surface area is 127 Å². The van der Waals surface area contributed by atoms with Crippen LogP contribution < -0.4 is 0 Å². The van der Waals surface area contributed by atoms with Crippen LogP contribution in [0, 0.1) is 0 Å². The summed E-state index contributed by atoms with van der Waals surface area (Å²) in [5.41, 5.74) is 2.03. The van der Waals surface area contributed by atoms with Crippen LogP contribution in [0.15, 0.2) is 24.3 Å². The molecule has 6 heteroatoms. The van der Waals surface area contributed by atoms with Gasteiger partial charge in [0, 0.05) is 11.8 Å². The van der Waals surface area contributed by atoms with Gasteiger partial charge in [0.15, 0.2) is 10.3 Å². The summed E-state index contributed by atoms with van der Waals surface area (Å²) in [7, 11) is 0. The number of halogens is 2. The first-order valence-corrected chi connectivity index (χ1v) is 7.46. The molecule has 1 saturated carbocycles. The molecule has 1 fully saturated rings. The van der Waals surface area contributed by atoms with E-state index in [9.17, 15) is 0 Å². The lowest BCUT2D eigenvalue weighted by atomic mass is 9.78. The van der Waals surface area contributed by atoms with Crippen molar-refractivity contribution in [3.05, 3.63) is 46.0 Å². The van der Waals surface area contributed by atoms with Gasteiger partial charge >= 0.3 is 0 Å². The van der Waals surface area contributed by atoms with Crippen LogP contribution in [0.25, 0.3) is 0 Å². The SMILES string of the molecule is Clc1ccc(C2CCCC(c3ccc(Cl)nn3)C2)nn1. The van der Waals surface area contributed by atoms with Crippen LogP contribution in [0.2, 0.25) is 10.3 Å². The van der Waals surface area contributed by atoms with E-state index in [1.54, 1.807) is 12.1 Å². The molecule has 0 aliphatic heterocycles. The molecule has 0 N–H and O–H groups in total. The summed E-state index contributed by atoms with van der Waals surface area (Å²) < 4.78 is 0. The average Bonchev–Trinajstić information content (AvgIpc) is 2.49. The van der Waals surface area contributed by atoms with E-state index in [4.69, 9.17) is 23.2 Å². The summed E-state index contributed by atoms with van der Waals surface area (Å²) in [4.78, 5) is 0. The second-order valence-electron chi connectivity index (χ2n) is 5.12. The van der Waals surface area contributed by atoms with Crippen molar-refractivity contribution >= 4 is 23.2 Å². The molecule has 0 aromatic carbocycles. The maximum absolute atomic E-state index is 5.79. The zero-order valence-corrected chi connectivity index (χ0v) is 12.3. The van der Waals surface area contributed by atoms with Crippen molar-refractivity contribution < 1.29 is 0 Å². The van der Waals surface area contributed by atoms with Crippen molar-refractivity contribution in [2.45, 2.75) is 37.5 Å². The highest BCUT2D eigenvalue weighted by molar-refractivity contribution is 6.29. The Morgan fingerprint density at radius 2 is 1.25 bits per heavy atom. The van der Waals surface area contributed by atoms with E-state index in [2.05, 4.69) is 20.4 Å². The summed E-state index contributed by atoms with van der Waals surface area (Å²) in [6.07, 6.45) is 4.44. The average molecular weight is 309 g/mol. The highest BCUT2D eigenvalue weighted by Gasteiger charge is 2.26. The normalized spacial score (nSPS) is 22.7. The molecule has 2 aromatic rings. The predicted octanol–water partition coefficient (Wildman–Crippen LogP) is 4.01. The number of nitrogens with zero attached hydrogens (tertiary/aromatic N) is 4. The molecule has 1 aliphatic carbocycles. The lowest BCUT2D eigenvalue weighted by Crippen LogP contribution is -2.15. The number of aromatic nitrogens is 4. The Morgan fingerprint density at radius 3 is 1.65 bits per heavy atom. The zero-order valence-electron chi connectivity index (χ0n) is 10.8. The van der Waals surface area contributed by atoms with E-state index >= 15 is 0 Å². The van der Waals surface area contributed by atoms with Crippen LogP contribution in [0.4, 0.5) is 0 Å². The fourth-order valence-electron chi connectivity index (χ4n) is 2.82. The predicted molar refractivity (Wildman–Crippen MR) is 78.0 cm³/mol. The van der Waals surface area contributed by atoms with E-state index in [0.717, 1.165) is 37.1 Å². The van der Waals surface area contributed by atoms with Crippen molar-refractivity contribution in [1.29, 1.82) is 0 Å². The highest BCUT2D eigenvalue weighted by atomic mass is 35.5. The first-order chi connectivity index (χ1) is 9.72. The molecule has 1 aliphatic rings. The maximum Gasteiger partial charge on any atom is 0.151 e. The Balaban J connectivity index is 1.76. The molecule has 4 nitrogen and oxygen atoms in total. The molecular weight excluding hydrogens is 295 g/mol. The lowest BCUT2D eigenvalue weighted by molar-refractivity contribution is 0.380. The second kappa shape index (κ2) is 6.02. The molecule has 2 unspecified atom stereocenters. The number of hydrogen-bond donors (Lipinski definition) is 0. The fourth-order valence-corrected chi connectivity index (χ4v) is 3.02. The van der Waals surface area contributed by atoms with Crippen molar-refractivity contribution in [3.8, 4) is 0 Å². The summed E-state index contributed by atoms with van der Waals surface area (Å²) in [5, 5.41) is 17.1. The molecule has 2 atom stereocenters. The van der Waals surface area contributed by atoms with Gasteiger partial charge in [-0.05, 0) is 43.5 Å². The summed E-state index contributed by atoms with van der Waals surface area (Å²) in [5.74, 6) is 0.826. The van der Waals surface area contributed by atoms with Gasteiger partial charge in [0.1, 0.15) is 0 Å². The highest BCUT2D eigenvalue weighted by Crippen LogP contribution is 2.39. The molecule has 0 spiro atoms. The van der Waals surface area contributed by atoms with Crippen molar-refractivity contribution in [3.63, 3.8) is 0 Å². The molecule has 104 valence electrons. The van der Waals surface area contributed by atoms with Crippen LogP contribution in [-0.4, -0.2) is 20.4 Å². The van der Waals surface area contributed by atoms with Crippen LogP contribution in [0.5, 0.6) is 0 Å². The van der Waals surface area contributed by atoms with Gasteiger partial charge in [-0.1, -0.05) is 29.6 Å². The Hall–Kier alpha value is -1.26.